The van der Waals surface area contributed by atoms with E-state index in [0.29, 0.717) is 10.1 Å². The lowest BCUT2D eigenvalue weighted by Gasteiger charge is -2.09. The number of aryl methyl sites for hydroxylation is 1. The van der Waals surface area contributed by atoms with Crippen LogP contribution in [0.1, 0.15) is 20.7 Å². The van der Waals surface area contributed by atoms with Gasteiger partial charge in [0, 0.05) is 24.1 Å². The number of rotatable bonds is 6. The fourth-order valence-electron chi connectivity index (χ4n) is 2.23. The summed E-state index contributed by atoms with van der Waals surface area (Å²) in [7, 11) is 2.87. The number of nitro benzene ring substituents is 1. The molecule has 0 unspecified atom stereocenters. The third-order valence-corrected chi connectivity index (χ3v) is 4.77. The van der Waals surface area contributed by atoms with Crippen LogP contribution in [0.2, 0.25) is 0 Å². The van der Waals surface area contributed by atoms with E-state index in [1.165, 1.54) is 48.2 Å². The molecule has 29 heavy (non-hydrogen) atoms. The summed E-state index contributed by atoms with van der Waals surface area (Å²) in [6.45, 7) is 0. The molecule has 0 bridgehead atoms. The molecular weight excluding hydrogens is 402 g/mol. The predicted molar refractivity (Wildman–Crippen MR) is 98.8 cm³/mol. The van der Waals surface area contributed by atoms with E-state index >= 15 is 0 Å². The Hall–Kier alpha value is -3.80. The first-order valence-electron chi connectivity index (χ1n) is 7.98. The van der Waals surface area contributed by atoms with E-state index in [-0.39, 0.29) is 22.6 Å². The summed E-state index contributed by atoms with van der Waals surface area (Å²) in [6, 6.07) is 9.52. The van der Waals surface area contributed by atoms with Gasteiger partial charge in [0.1, 0.15) is 5.75 Å². The van der Waals surface area contributed by atoms with E-state index in [4.69, 9.17) is 4.74 Å². The standard InChI is InChI=1S/C17H13N5O6S/c1-21-17(18-19-20-21)29-14-8-5-11(22(25)26)9-13(14)16(24)28-12-6-3-10(4-7-12)15(23)27-2/h3-9H,1-2H3. The molecule has 0 saturated carbocycles. The Morgan fingerprint density at radius 3 is 2.45 bits per heavy atom. The van der Waals surface area contributed by atoms with Crippen LogP contribution >= 0.6 is 11.8 Å². The second-order valence-electron chi connectivity index (χ2n) is 5.53. The number of hydrogen-bond donors (Lipinski definition) is 0. The van der Waals surface area contributed by atoms with Gasteiger partial charge >= 0.3 is 11.9 Å². The quantitative estimate of drug-likeness (QED) is 0.255. The summed E-state index contributed by atoms with van der Waals surface area (Å²) >= 11 is 1.06. The summed E-state index contributed by atoms with van der Waals surface area (Å²) in [5.41, 5.74) is -0.00338. The van der Waals surface area contributed by atoms with Crippen molar-refractivity contribution >= 4 is 29.4 Å². The number of carbonyl (C=O) groups excluding carboxylic acids is 2. The normalized spacial score (nSPS) is 10.4. The van der Waals surface area contributed by atoms with Gasteiger partial charge in [0.2, 0.25) is 5.16 Å². The van der Waals surface area contributed by atoms with Crippen molar-refractivity contribution in [2.24, 2.45) is 7.05 Å². The minimum atomic E-state index is -0.808. The zero-order valence-electron chi connectivity index (χ0n) is 15.1. The number of hydrogen-bond acceptors (Lipinski definition) is 10. The van der Waals surface area contributed by atoms with E-state index in [1.54, 1.807) is 7.05 Å². The van der Waals surface area contributed by atoms with E-state index in [0.717, 1.165) is 17.8 Å². The molecule has 0 radical (unpaired) electrons. The van der Waals surface area contributed by atoms with Crippen LogP contribution < -0.4 is 4.74 Å². The van der Waals surface area contributed by atoms with Gasteiger partial charge in [-0.15, -0.1) is 5.10 Å². The van der Waals surface area contributed by atoms with Crippen molar-refractivity contribution in [3.63, 3.8) is 0 Å². The molecule has 0 aliphatic heterocycles. The predicted octanol–water partition coefficient (Wildman–Crippen LogP) is 2.28. The van der Waals surface area contributed by atoms with Crippen LogP contribution in [0.25, 0.3) is 0 Å². The fraction of sp³-hybridized carbons (Fsp3) is 0.118. The van der Waals surface area contributed by atoms with Gasteiger partial charge in [0.05, 0.1) is 23.2 Å². The van der Waals surface area contributed by atoms with E-state index < -0.39 is 16.9 Å². The highest BCUT2D eigenvalue weighted by Crippen LogP contribution is 2.31. The number of methoxy groups -OCH3 is 1. The van der Waals surface area contributed by atoms with Crippen molar-refractivity contribution in [2.75, 3.05) is 7.11 Å². The molecule has 11 nitrogen and oxygen atoms in total. The monoisotopic (exact) mass is 415 g/mol. The maximum Gasteiger partial charge on any atom is 0.344 e. The number of aromatic nitrogens is 4. The largest absolute Gasteiger partial charge is 0.465 e. The van der Waals surface area contributed by atoms with Crippen LogP contribution in [0.3, 0.4) is 0 Å². The molecule has 0 aliphatic rings. The first-order chi connectivity index (χ1) is 13.9. The van der Waals surface area contributed by atoms with Crippen LogP contribution in [0, 0.1) is 10.1 Å². The zero-order valence-corrected chi connectivity index (χ0v) is 16.0. The number of nitro groups is 1. The molecule has 0 saturated heterocycles. The van der Waals surface area contributed by atoms with Crippen LogP contribution in [-0.4, -0.2) is 44.2 Å². The first-order valence-corrected chi connectivity index (χ1v) is 8.80. The molecule has 0 fully saturated rings. The summed E-state index contributed by atoms with van der Waals surface area (Å²) in [4.78, 5) is 35.0. The van der Waals surface area contributed by atoms with Crippen molar-refractivity contribution < 1.29 is 24.0 Å². The van der Waals surface area contributed by atoms with Crippen molar-refractivity contribution in [3.8, 4) is 5.75 Å². The first kappa shape index (κ1) is 19.9. The molecule has 12 heteroatoms. The molecule has 0 amide bonds. The second kappa shape index (κ2) is 8.48. The van der Waals surface area contributed by atoms with Crippen molar-refractivity contribution in [3.05, 3.63) is 63.7 Å². The minimum Gasteiger partial charge on any atom is -0.465 e. The summed E-state index contributed by atoms with van der Waals surface area (Å²) < 4.78 is 11.3. The molecule has 1 aromatic heterocycles. The Labute approximate surface area is 167 Å². The number of benzene rings is 2. The van der Waals surface area contributed by atoms with Crippen LogP contribution in [0.4, 0.5) is 5.69 Å². The second-order valence-corrected chi connectivity index (χ2v) is 6.54. The lowest BCUT2D eigenvalue weighted by atomic mass is 10.2. The van der Waals surface area contributed by atoms with Gasteiger partial charge in [0.25, 0.3) is 5.69 Å². The molecule has 0 N–H and O–H groups in total. The zero-order chi connectivity index (χ0) is 21.0. The number of esters is 2. The minimum absolute atomic E-state index is 0.0238. The Kier molecular flexibility index (Phi) is 5.83. The molecular formula is C17H13N5O6S. The Bertz CT molecular complexity index is 1080. The highest BCUT2D eigenvalue weighted by atomic mass is 32.2. The third-order valence-electron chi connectivity index (χ3n) is 3.66. The number of carbonyl (C=O) groups is 2. The third kappa shape index (κ3) is 4.55. The van der Waals surface area contributed by atoms with Crippen molar-refractivity contribution in [1.29, 1.82) is 0 Å². The molecule has 0 atom stereocenters. The summed E-state index contributed by atoms with van der Waals surface area (Å²) in [6.07, 6.45) is 0. The number of non-ortho nitro benzene ring substituents is 1. The average Bonchev–Trinajstić information content (AvgIpc) is 3.12. The molecule has 148 valence electrons. The molecule has 2 aromatic carbocycles. The van der Waals surface area contributed by atoms with Crippen LogP contribution in [-0.2, 0) is 11.8 Å². The van der Waals surface area contributed by atoms with Gasteiger partial charge in [0.15, 0.2) is 0 Å². The fourth-order valence-corrected chi connectivity index (χ4v) is 3.06. The maximum atomic E-state index is 12.7. The summed E-state index contributed by atoms with van der Waals surface area (Å²) in [5, 5.41) is 22.5. The molecule has 3 aromatic rings. The van der Waals surface area contributed by atoms with Gasteiger partial charge in [-0.25, -0.2) is 14.3 Å². The van der Waals surface area contributed by atoms with E-state index in [9.17, 15) is 19.7 Å². The van der Waals surface area contributed by atoms with E-state index in [2.05, 4.69) is 20.3 Å². The molecule has 0 aliphatic carbocycles. The SMILES string of the molecule is COC(=O)c1ccc(OC(=O)c2cc([N+](=O)[O-])ccc2Sc2nnnn2C)cc1. The Morgan fingerprint density at radius 2 is 1.86 bits per heavy atom. The van der Waals surface area contributed by atoms with Gasteiger partial charge in [-0.1, -0.05) is 0 Å². The van der Waals surface area contributed by atoms with Crippen molar-refractivity contribution in [2.45, 2.75) is 10.1 Å². The topological polar surface area (TPSA) is 139 Å². The number of nitrogens with zero attached hydrogens (tertiary/aromatic N) is 5. The Balaban J connectivity index is 1.89. The van der Waals surface area contributed by atoms with Gasteiger partial charge in [-0.2, -0.15) is 0 Å². The van der Waals surface area contributed by atoms with Crippen molar-refractivity contribution in [1.82, 2.24) is 20.2 Å². The van der Waals surface area contributed by atoms with E-state index in [1.807, 2.05) is 0 Å². The van der Waals surface area contributed by atoms with Gasteiger partial charge in [-0.05, 0) is 52.5 Å². The highest BCUT2D eigenvalue weighted by molar-refractivity contribution is 7.99. The maximum absolute atomic E-state index is 12.7. The lowest BCUT2D eigenvalue weighted by molar-refractivity contribution is -0.384. The molecule has 3 rings (SSSR count). The number of tetrazole rings is 1. The molecule has 1 heterocycles. The van der Waals surface area contributed by atoms with Crippen LogP contribution in [0.5, 0.6) is 5.75 Å². The Morgan fingerprint density at radius 1 is 1.14 bits per heavy atom. The smallest absolute Gasteiger partial charge is 0.344 e. The number of ether oxygens (including phenoxy) is 2. The highest BCUT2D eigenvalue weighted by Gasteiger charge is 2.21. The average molecular weight is 415 g/mol. The lowest BCUT2D eigenvalue weighted by Crippen LogP contribution is -2.11. The van der Waals surface area contributed by atoms with Crippen LogP contribution in [0.15, 0.2) is 52.5 Å². The molecule has 0 spiro atoms. The van der Waals surface area contributed by atoms with Gasteiger partial charge < -0.3 is 9.47 Å². The summed E-state index contributed by atoms with van der Waals surface area (Å²) in [5.74, 6) is -1.18. The van der Waals surface area contributed by atoms with Gasteiger partial charge in [-0.3, -0.25) is 10.1 Å².